The SMILES string of the molecule is CCOc1ccc(NS(=O)(=O)c2ccc(C(=O)NCC(C)N(CC)CC)cc2)cc1. The fraction of sp³-hybridized carbons (Fsp3) is 0.409. The number of nitrogens with zero attached hydrogens (tertiary/aromatic N) is 1. The third kappa shape index (κ3) is 6.47. The first-order valence-corrected chi connectivity index (χ1v) is 11.7. The highest BCUT2D eigenvalue weighted by Crippen LogP contribution is 2.20. The number of sulfonamides is 1. The average molecular weight is 434 g/mol. The summed E-state index contributed by atoms with van der Waals surface area (Å²) in [5.41, 5.74) is 0.854. The number of likely N-dealkylation sites (N-methyl/N-ethyl adjacent to an activating group) is 1. The summed E-state index contributed by atoms with van der Waals surface area (Å²) in [6.45, 7) is 11.0. The van der Waals surface area contributed by atoms with Gasteiger partial charge in [0.2, 0.25) is 0 Å². The second-order valence-corrected chi connectivity index (χ2v) is 8.55. The van der Waals surface area contributed by atoms with Gasteiger partial charge in [-0.3, -0.25) is 14.4 Å². The number of rotatable bonds is 11. The average Bonchev–Trinajstić information content (AvgIpc) is 2.74. The van der Waals surface area contributed by atoms with Gasteiger partial charge in [0, 0.05) is 23.8 Å². The monoisotopic (exact) mass is 433 g/mol. The first-order valence-electron chi connectivity index (χ1n) is 10.2. The molecular formula is C22H31N3O4S. The molecule has 2 aromatic carbocycles. The fourth-order valence-corrected chi connectivity index (χ4v) is 4.16. The van der Waals surface area contributed by atoms with Crippen LogP contribution in [0.1, 0.15) is 38.1 Å². The number of benzene rings is 2. The molecule has 2 aromatic rings. The van der Waals surface area contributed by atoms with E-state index in [2.05, 4.69) is 35.7 Å². The van der Waals surface area contributed by atoms with Gasteiger partial charge in [-0.15, -0.1) is 0 Å². The summed E-state index contributed by atoms with van der Waals surface area (Å²) in [4.78, 5) is 14.7. The van der Waals surface area contributed by atoms with Crippen molar-refractivity contribution in [3.8, 4) is 5.75 Å². The van der Waals surface area contributed by atoms with Gasteiger partial charge < -0.3 is 10.1 Å². The maximum atomic E-state index is 12.6. The van der Waals surface area contributed by atoms with Crippen molar-refractivity contribution in [3.05, 3.63) is 54.1 Å². The van der Waals surface area contributed by atoms with Crippen LogP contribution in [0.15, 0.2) is 53.4 Å². The van der Waals surface area contributed by atoms with Gasteiger partial charge in [0.15, 0.2) is 0 Å². The number of amides is 1. The smallest absolute Gasteiger partial charge is 0.261 e. The van der Waals surface area contributed by atoms with E-state index >= 15 is 0 Å². The molecule has 0 spiro atoms. The zero-order chi connectivity index (χ0) is 22.1. The van der Waals surface area contributed by atoms with E-state index < -0.39 is 10.0 Å². The van der Waals surface area contributed by atoms with Gasteiger partial charge in [0.1, 0.15) is 5.75 Å². The van der Waals surface area contributed by atoms with E-state index in [1.807, 2.05) is 6.92 Å². The van der Waals surface area contributed by atoms with E-state index in [4.69, 9.17) is 4.74 Å². The van der Waals surface area contributed by atoms with Crippen molar-refractivity contribution in [3.63, 3.8) is 0 Å². The van der Waals surface area contributed by atoms with E-state index in [1.165, 1.54) is 24.3 Å². The molecule has 0 radical (unpaired) electrons. The number of hydrogen-bond donors (Lipinski definition) is 2. The van der Waals surface area contributed by atoms with Gasteiger partial charge in [-0.25, -0.2) is 8.42 Å². The molecule has 1 amide bonds. The number of ether oxygens (including phenoxy) is 1. The highest BCUT2D eigenvalue weighted by molar-refractivity contribution is 7.92. The third-order valence-corrected chi connectivity index (χ3v) is 6.24. The molecule has 1 unspecified atom stereocenters. The second kappa shape index (κ2) is 11.0. The van der Waals surface area contributed by atoms with Crippen LogP contribution in [0.2, 0.25) is 0 Å². The van der Waals surface area contributed by atoms with E-state index in [0.29, 0.717) is 30.2 Å². The van der Waals surface area contributed by atoms with Crippen molar-refractivity contribution in [2.45, 2.75) is 38.6 Å². The van der Waals surface area contributed by atoms with Crippen LogP contribution in [0.25, 0.3) is 0 Å². The molecule has 0 fully saturated rings. The molecule has 7 nitrogen and oxygen atoms in total. The first-order chi connectivity index (χ1) is 14.3. The fourth-order valence-electron chi connectivity index (χ4n) is 3.10. The van der Waals surface area contributed by atoms with E-state index in [-0.39, 0.29) is 16.8 Å². The van der Waals surface area contributed by atoms with Crippen LogP contribution in [-0.4, -0.2) is 51.5 Å². The van der Waals surface area contributed by atoms with Gasteiger partial charge in [-0.2, -0.15) is 0 Å². The first kappa shape index (κ1) is 23.7. The van der Waals surface area contributed by atoms with Crippen molar-refractivity contribution in [2.24, 2.45) is 0 Å². The van der Waals surface area contributed by atoms with Crippen molar-refractivity contribution in [2.75, 3.05) is 31.0 Å². The predicted octanol–water partition coefficient (Wildman–Crippen LogP) is 3.35. The maximum absolute atomic E-state index is 12.6. The van der Waals surface area contributed by atoms with Crippen LogP contribution in [0.3, 0.4) is 0 Å². The Balaban J connectivity index is 2.00. The molecule has 0 aliphatic rings. The van der Waals surface area contributed by atoms with E-state index in [1.54, 1.807) is 24.3 Å². The number of nitrogens with one attached hydrogen (secondary N) is 2. The van der Waals surface area contributed by atoms with Crippen molar-refractivity contribution < 1.29 is 17.9 Å². The van der Waals surface area contributed by atoms with Crippen LogP contribution in [0, 0.1) is 0 Å². The molecule has 2 N–H and O–H groups in total. The van der Waals surface area contributed by atoms with Crippen molar-refractivity contribution in [1.82, 2.24) is 10.2 Å². The zero-order valence-electron chi connectivity index (χ0n) is 18.0. The largest absolute Gasteiger partial charge is 0.494 e. The molecule has 0 aromatic heterocycles. The lowest BCUT2D eigenvalue weighted by Gasteiger charge is -2.26. The molecule has 0 heterocycles. The topological polar surface area (TPSA) is 87.7 Å². The summed E-state index contributed by atoms with van der Waals surface area (Å²) in [5, 5.41) is 2.90. The Morgan fingerprint density at radius 2 is 1.60 bits per heavy atom. The van der Waals surface area contributed by atoms with Crippen LogP contribution in [-0.2, 0) is 10.0 Å². The van der Waals surface area contributed by atoms with Gasteiger partial charge in [-0.05, 0) is 75.5 Å². The van der Waals surface area contributed by atoms with Crippen LogP contribution in [0.5, 0.6) is 5.75 Å². The quantitative estimate of drug-likeness (QED) is 0.567. The molecular weight excluding hydrogens is 402 g/mol. The maximum Gasteiger partial charge on any atom is 0.261 e. The summed E-state index contributed by atoms with van der Waals surface area (Å²) in [6.07, 6.45) is 0. The third-order valence-electron chi connectivity index (χ3n) is 4.84. The minimum atomic E-state index is -3.75. The van der Waals surface area contributed by atoms with Crippen molar-refractivity contribution >= 4 is 21.6 Å². The number of anilines is 1. The minimum absolute atomic E-state index is 0.0874. The number of carbonyl (C=O) groups is 1. The highest BCUT2D eigenvalue weighted by Gasteiger charge is 2.16. The van der Waals surface area contributed by atoms with E-state index in [0.717, 1.165) is 13.1 Å². The Morgan fingerprint density at radius 3 is 2.13 bits per heavy atom. The predicted molar refractivity (Wildman–Crippen MR) is 120 cm³/mol. The molecule has 0 aliphatic carbocycles. The summed E-state index contributed by atoms with van der Waals surface area (Å²) < 4.78 is 33.1. The van der Waals surface area contributed by atoms with Crippen LogP contribution < -0.4 is 14.8 Å². The molecule has 1 atom stereocenters. The number of hydrogen-bond acceptors (Lipinski definition) is 5. The molecule has 0 saturated heterocycles. The standard InChI is InChI=1S/C22H31N3O4S/c1-5-25(6-2)17(4)16-23-22(26)18-8-14-21(15-9-18)30(27,28)24-19-10-12-20(13-11-19)29-7-3/h8-15,17,24H,5-7,16H2,1-4H3,(H,23,26). The Labute approximate surface area is 179 Å². The van der Waals surface area contributed by atoms with Crippen molar-refractivity contribution in [1.29, 1.82) is 0 Å². The molecule has 8 heteroatoms. The Morgan fingerprint density at radius 1 is 1.00 bits per heavy atom. The summed E-state index contributed by atoms with van der Waals surface area (Å²) in [7, 11) is -3.75. The number of carbonyl (C=O) groups excluding carboxylic acids is 1. The van der Waals surface area contributed by atoms with Gasteiger partial charge in [0.25, 0.3) is 15.9 Å². The van der Waals surface area contributed by atoms with Crippen LogP contribution >= 0.6 is 0 Å². The lowest BCUT2D eigenvalue weighted by atomic mass is 10.2. The van der Waals surface area contributed by atoms with Crippen LogP contribution in [0.4, 0.5) is 5.69 Å². The Hall–Kier alpha value is -2.58. The summed E-state index contributed by atoms with van der Waals surface area (Å²) in [5.74, 6) is 0.448. The molecule has 164 valence electrons. The second-order valence-electron chi connectivity index (χ2n) is 6.87. The molecule has 30 heavy (non-hydrogen) atoms. The lowest BCUT2D eigenvalue weighted by molar-refractivity contribution is 0.0938. The molecule has 0 bridgehead atoms. The molecule has 2 rings (SSSR count). The van der Waals surface area contributed by atoms with Gasteiger partial charge in [0.05, 0.1) is 11.5 Å². The summed E-state index contributed by atoms with van der Waals surface area (Å²) >= 11 is 0. The lowest BCUT2D eigenvalue weighted by Crippen LogP contribution is -2.42. The molecule has 0 saturated carbocycles. The van der Waals surface area contributed by atoms with Gasteiger partial charge >= 0.3 is 0 Å². The normalized spacial score (nSPS) is 12.4. The molecule has 0 aliphatic heterocycles. The van der Waals surface area contributed by atoms with Gasteiger partial charge in [-0.1, -0.05) is 13.8 Å². The Bertz CT molecular complexity index is 908. The zero-order valence-corrected chi connectivity index (χ0v) is 18.8. The Kier molecular flexibility index (Phi) is 8.68. The van der Waals surface area contributed by atoms with E-state index in [9.17, 15) is 13.2 Å². The minimum Gasteiger partial charge on any atom is -0.494 e. The highest BCUT2D eigenvalue weighted by atomic mass is 32.2. The summed E-state index contributed by atoms with van der Waals surface area (Å²) in [6, 6.07) is 12.8.